The first-order valence-electron chi connectivity index (χ1n) is 11.6. The third-order valence-corrected chi connectivity index (χ3v) is 6.01. The maximum Gasteiger partial charge on any atom is 0.226 e. The lowest BCUT2D eigenvalue weighted by molar-refractivity contribution is -0.118. The first kappa shape index (κ1) is 23.8. The predicted octanol–water partition coefficient (Wildman–Crippen LogP) is 4.00. The van der Waals surface area contributed by atoms with E-state index >= 15 is 0 Å². The van der Waals surface area contributed by atoms with E-state index in [-0.39, 0.29) is 11.8 Å². The molecule has 1 saturated heterocycles. The summed E-state index contributed by atoms with van der Waals surface area (Å²) in [5.74, 6) is 0.832. The minimum absolute atomic E-state index is 0.0290. The Kier molecular flexibility index (Phi) is 8.68. The number of hydrogen-bond donors (Lipinski definition) is 3. The standard InChI is InChI=1S/C26H37N5O/c1-19(2)25(32)29-23-12-10-21(11-13-23)17-28-26(27-4)30-24-14-15-31(20(3)16-24)18-22-8-6-5-7-9-22/h5-13,19-20,24H,14-18H2,1-4H3,(H,29,32)(H2,27,28,30). The fourth-order valence-electron chi connectivity index (χ4n) is 3.97. The lowest BCUT2D eigenvalue weighted by atomic mass is 9.97. The molecule has 32 heavy (non-hydrogen) atoms. The van der Waals surface area contributed by atoms with Gasteiger partial charge in [-0.05, 0) is 43.0 Å². The molecule has 2 atom stereocenters. The van der Waals surface area contributed by atoms with Crippen LogP contribution in [0.15, 0.2) is 59.6 Å². The van der Waals surface area contributed by atoms with Crippen molar-refractivity contribution in [3.63, 3.8) is 0 Å². The summed E-state index contributed by atoms with van der Waals surface area (Å²) in [5, 5.41) is 9.93. The molecule has 0 aromatic heterocycles. The van der Waals surface area contributed by atoms with E-state index in [0.29, 0.717) is 18.6 Å². The smallest absolute Gasteiger partial charge is 0.226 e. The summed E-state index contributed by atoms with van der Waals surface area (Å²) in [6.07, 6.45) is 2.19. The summed E-state index contributed by atoms with van der Waals surface area (Å²) < 4.78 is 0. The number of carbonyl (C=O) groups excluding carboxylic acids is 1. The van der Waals surface area contributed by atoms with Crippen molar-refractivity contribution in [2.24, 2.45) is 10.9 Å². The molecule has 0 spiro atoms. The quantitative estimate of drug-likeness (QED) is 0.454. The van der Waals surface area contributed by atoms with E-state index in [1.54, 1.807) is 0 Å². The van der Waals surface area contributed by atoms with Crippen LogP contribution in [-0.2, 0) is 17.9 Å². The molecule has 3 N–H and O–H groups in total. The van der Waals surface area contributed by atoms with Crippen LogP contribution in [0.2, 0.25) is 0 Å². The maximum absolute atomic E-state index is 11.8. The Hall–Kier alpha value is -2.86. The fraction of sp³-hybridized carbons (Fsp3) is 0.462. The topological polar surface area (TPSA) is 68.8 Å². The van der Waals surface area contributed by atoms with Crippen LogP contribution in [0.1, 0.15) is 44.7 Å². The van der Waals surface area contributed by atoms with Gasteiger partial charge in [-0.25, -0.2) is 0 Å². The Labute approximate surface area is 192 Å². The third kappa shape index (κ3) is 7.09. The van der Waals surface area contributed by atoms with Crippen LogP contribution in [0.5, 0.6) is 0 Å². The van der Waals surface area contributed by atoms with Crippen LogP contribution in [0.25, 0.3) is 0 Å². The summed E-state index contributed by atoms with van der Waals surface area (Å²) in [6.45, 7) is 8.86. The zero-order chi connectivity index (χ0) is 22.9. The van der Waals surface area contributed by atoms with Crippen molar-refractivity contribution >= 4 is 17.6 Å². The second-order valence-corrected chi connectivity index (χ2v) is 8.94. The van der Waals surface area contributed by atoms with Crippen molar-refractivity contribution < 1.29 is 4.79 Å². The molecule has 1 heterocycles. The van der Waals surface area contributed by atoms with Crippen molar-refractivity contribution in [1.29, 1.82) is 0 Å². The van der Waals surface area contributed by atoms with Gasteiger partial charge in [0.15, 0.2) is 5.96 Å². The number of guanidine groups is 1. The van der Waals surface area contributed by atoms with Gasteiger partial charge in [-0.15, -0.1) is 0 Å². The highest BCUT2D eigenvalue weighted by molar-refractivity contribution is 5.92. The second kappa shape index (κ2) is 11.7. The fourth-order valence-corrected chi connectivity index (χ4v) is 3.97. The van der Waals surface area contributed by atoms with Crippen LogP contribution >= 0.6 is 0 Å². The van der Waals surface area contributed by atoms with Crippen LogP contribution in [0.3, 0.4) is 0 Å². The highest BCUT2D eigenvalue weighted by atomic mass is 16.1. The minimum Gasteiger partial charge on any atom is -0.354 e. The Morgan fingerprint density at radius 2 is 1.81 bits per heavy atom. The molecule has 2 unspecified atom stereocenters. The third-order valence-electron chi connectivity index (χ3n) is 6.01. The Bertz CT molecular complexity index is 879. The molecule has 172 valence electrons. The Morgan fingerprint density at radius 1 is 1.09 bits per heavy atom. The number of rotatable bonds is 7. The predicted molar refractivity (Wildman–Crippen MR) is 133 cm³/mol. The molecule has 1 amide bonds. The molecule has 3 rings (SSSR count). The molecule has 0 radical (unpaired) electrons. The highest BCUT2D eigenvalue weighted by Crippen LogP contribution is 2.20. The molecule has 6 nitrogen and oxygen atoms in total. The largest absolute Gasteiger partial charge is 0.354 e. The van der Waals surface area contributed by atoms with Crippen molar-refractivity contribution in [3.8, 4) is 0 Å². The number of aliphatic imine (C=N–C) groups is 1. The SMILES string of the molecule is CN=C(NCc1ccc(NC(=O)C(C)C)cc1)NC1CCN(Cc2ccccc2)C(C)C1. The number of hydrogen-bond acceptors (Lipinski definition) is 3. The minimum atomic E-state index is -0.0290. The summed E-state index contributed by atoms with van der Waals surface area (Å²) in [7, 11) is 1.81. The van der Waals surface area contributed by atoms with Crippen molar-refractivity contribution in [1.82, 2.24) is 15.5 Å². The Morgan fingerprint density at radius 3 is 2.44 bits per heavy atom. The van der Waals surface area contributed by atoms with Gasteiger partial charge in [0, 0.05) is 50.4 Å². The van der Waals surface area contributed by atoms with Gasteiger partial charge in [-0.2, -0.15) is 0 Å². The van der Waals surface area contributed by atoms with E-state index < -0.39 is 0 Å². The maximum atomic E-state index is 11.8. The lowest BCUT2D eigenvalue weighted by Gasteiger charge is -2.38. The molecule has 1 aliphatic heterocycles. The van der Waals surface area contributed by atoms with E-state index in [1.807, 2.05) is 45.2 Å². The van der Waals surface area contributed by atoms with Gasteiger partial charge in [0.1, 0.15) is 0 Å². The molecular weight excluding hydrogens is 398 g/mol. The first-order chi connectivity index (χ1) is 15.4. The average Bonchev–Trinajstić information content (AvgIpc) is 2.80. The zero-order valence-electron chi connectivity index (χ0n) is 19.8. The molecule has 2 aromatic rings. The molecule has 0 saturated carbocycles. The number of nitrogens with zero attached hydrogens (tertiary/aromatic N) is 2. The van der Waals surface area contributed by atoms with Crippen molar-refractivity contribution in [2.75, 3.05) is 18.9 Å². The molecule has 1 aliphatic rings. The number of carbonyl (C=O) groups is 1. The molecule has 2 aromatic carbocycles. The molecule has 0 aliphatic carbocycles. The van der Waals surface area contributed by atoms with Gasteiger partial charge in [0.2, 0.25) is 5.91 Å². The van der Waals surface area contributed by atoms with E-state index in [0.717, 1.165) is 43.1 Å². The van der Waals surface area contributed by atoms with Gasteiger partial charge in [0.05, 0.1) is 0 Å². The monoisotopic (exact) mass is 435 g/mol. The van der Waals surface area contributed by atoms with Crippen LogP contribution in [0.4, 0.5) is 5.69 Å². The molecular formula is C26H37N5O. The lowest BCUT2D eigenvalue weighted by Crippen LogP contribution is -2.51. The van der Waals surface area contributed by atoms with Gasteiger partial charge >= 0.3 is 0 Å². The molecule has 6 heteroatoms. The van der Waals surface area contributed by atoms with E-state index in [2.05, 4.69) is 63.1 Å². The number of anilines is 1. The molecule has 1 fully saturated rings. The van der Waals surface area contributed by atoms with Crippen molar-refractivity contribution in [3.05, 3.63) is 65.7 Å². The summed E-state index contributed by atoms with van der Waals surface area (Å²) >= 11 is 0. The number of piperidine rings is 1. The van der Waals surface area contributed by atoms with Crippen LogP contribution in [-0.4, -0.2) is 42.4 Å². The number of benzene rings is 2. The van der Waals surface area contributed by atoms with Crippen molar-refractivity contribution in [2.45, 2.75) is 58.8 Å². The number of likely N-dealkylation sites (tertiary alicyclic amines) is 1. The summed E-state index contributed by atoms with van der Waals surface area (Å²) in [4.78, 5) is 18.8. The summed E-state index contributed by atoms with van der Waals surface area (Å²) in [6, 6.07) is 19.6. The van der Waals surface area contributed by atoms with Crippen LogP contribution in [0, 0.1) is 5.92 Å². The number of nitrogens with one attached hydrogen (secondary N) is 3. The average molecular weight is 436 g/mol. The highest BCUT2D eigenvalue weighted by Gasteiger charge is 2.25. The van der Waals surface area contributed by atoms with Gasteiger partial charge < -0.3 is 16.0 Å². The van der Waals surface area contributed by atoms with E-state index in [4.69, 9.17) is 0 Å². The van der Waals surface area contributed by atoms with Crippen LogP contribution < -0.4 is 16.0 Å². The normalized spacial score (nSPS) is 19.6. The van der Waals surface area contributed by atoms with E-state index in [1.165, 1.54) is 5.56 Å². The first-order valence-corrected chi connectivity index (χ1v) is 11.6. The number of amides is 1. The second-order valence-electron chi connectivity index (χ2n) is 8.94. The van der Waals surface area contributed by atoms with E-state index in [9.17, 15) is 4.79 Å². The Balaban J connectivity index is 1.44. The zero-order valence-corrected chi connectivity index (χ0v) is 19.8. The van der Waals surface area contributed by atoms with Gasteiger partial charge in [0.25, 0.3) is 0 Å². The summed E-state index contributed by atoms with van der Waals surface area (Å²) in [5.41, 5.74) is 3.34. The van der Waals surface area contributed by atoms with Gasteiger partial charge in [-0.1, -0.05) is 56.3 Å². The molecule has 0 bridgehead atoms. The van der Waals surface area contributed by atoms with Gasteiger partial charge in [-0.3, -0.25) is 14.7 Å².